The minimum Gasteiger partial charge on any atom is -0.351 e. The summed E-state index contributed by atoms with van der Waals surface area (Å²) in [5, 5.41) is 0. The Balaban J connectivity index is 1.83. The van der Waals surface area contributed by atoms with Crippen LogP contribution in [0.5, 0.6) is 0 Å². The topological polar surface area (TPSA) is 20.3 Å². The summed E-state index contributed by atoms with van der Waals surface area (Å²) in [6.45, 7) is 2.16. The van der Waals surface area contributed by atoms with Crippen LogP contribution in [0.4, 0.5) is 5.69 Å². The molecule has 1 saturated carbocycles. The molecule has 1 aliphatic carbocycles. The second-order valence-electron chi connectivity index (χ2n) is 7.08. The summed E-state index contributed by atoms with van der Waals surface area (Å²) in [7, 11) is 2.01. The Morgan fingerprint density at radius 3 is 2.35 bits per heavy atom. The van der Waals surface area contributed by atoms with Gasteiger partial charge in [0.05, 0.1) is 5.41 Å². The third kappa shape index (κ3) is 3.96. The van der Waals surface area contributed by atoms with Crippen molar-refractivity contribution >= 4 is 17.5 Å². The Kier molecular flexibility index (Phi) is 5.72. The van der Waals surface area contributed by atoms with Crippen molar-refractivity contribution in [1.82, 2.24) is 0 Å². The number of anilines is 1. The second kappa shape index (κ2) is 8.18. The van der Waals surface area contributed by atoms with E-state index in [2.05, 4.69) is 48.2 Å². The van der Waals surface area contributed by atoms with Crippen molar-refractivity contribution in [2.24, 2.45) is 5.41 Å². The molecule has 26 heavy (non-hydrogen) atoms. The van der Waals surface area contributed by atoms with Crippen molar-refractivity contribution in [3.8, 4) is 0 Å². The van der Waals surface area contributed by atoms with Gasteiger partial charge < -0.3 is 4.90 Å². The van der Waals surface area contributed by atoms with Gasteiger partial charge in [-0.1, -0.05) is 74.0 Å². The van der Waals surface area contributed by atoms with Crippen LogP contribution in [-0.2, 0) is 4.79 Å². The number of Topliss-reactive ketones (excluding diaryl/α,β-unsaturated/α-hetero) is 1. The lowest BCUT2D eigenvalue weighted by atomic mass is 9.80. The number of hydrogen-bond acceptors (Lipinski definition) is 2. The van der Waals surface area contributed by atoms with E-state index in [1.54, 1.807) is 0 Å². The van der Waals surface area contributed by atoms with Crippen LogP contribution in [0, 0.1) is 5.41 Å². The zero-order valence-corrected chi connectivity index (χ0v) is 15.7. The van der Waals surface area contributed by atoms with Crippen LogP contribution in [0.2, 0.25) is 0 Å². The van der Waals surface area contributed by atoms with Gasteiger partial charge in [-0.25, -0.2) is 0 Å². The number of ketones is 1. The number of benzene rings is 2. The minimum absolute atomic E-state index is 0.286. The number of nitrogens with zero attached hydrogens (tertiary/aromatic N) is 1. The zero-order chi connectivity index (χ0) is 18.4. The molecule has 2 aromatic rings. The van der Waals surface area contributed by atoms with Crippen molar-refractivity contribution in [3.05, 3.63) is 84.1 Å². The number of hydrogen-bond donors (Lipinski definition) is 0. The van der Waals surface area contributed by atoms with E-state index in [9.17, 15) is 4.79 Å². The van der Waals surface area contributed by atoms with Crippen molar-refractivity contribution in [2.75, 3.05) is 11.9 Å². The monoisotopic (exact) mass is 345 g/mol. The van der Waals surface area contributed by atoms with Crippen LogP contribution in [0.1, 0.15) is 38.2 Å². The number of rotatable bonds is 6. The highest BCUT2D eigenvalue weighted by molar-refractivity contribution is 6.04. The maximum absolute atomic E-state index is 13.3. The first-order chi connectivity index (χ1) is 12.6. The lowest BCUT2D eigenvalue weighted by Gasteiger charge is -2.23. The number of para-hydroxylation sites is 1. The van der Waals surface area contributed by atoms with Crippen molar-refractivity contribution in [3.63, 3.8) is 0 Å². The van der Waals surface area contributed by atoms with E-state index in [1.807, 2.05) is 49.6 Å². The molecule has 1 aliphatic rings. The lowest BCUT2D eigenvalue weighted by Crippen LogP contribution is -2.24. The lowest BCUT2D eigenvalue weighted by molar-refractivity contribution is -0.121. The van der Waals surface area contributed by atoms with E-state index in [1.165, 1.54) is 0 Å². The summed E-state index contributed by atoms with van der Waals surface area (Å²) in [5.74, 6) is 0.286. The third-order valence-electron chi connectivity index (χ3n) is 5.19. The van der Waals surface area contributed by atoms with E-state index in [0.29, 0.717) is 0 Å². The van der Waals surface area contributed by atoms with Crippen LogP contribution in [-0.4, -0.2) is 12.8 Å². The van der Waals surface area contributed by atoms with E-state index >= 15 is 0 Å². The Labute approximate surface area is 156 Å². The van der Waals surface area contributed by atoms with E-state index < -0.39 is 0 Å². The van der Waals surface area contributed by atoms with Crippen LogP contribution in [0.3, 0.4) is 0 Å². The zero-order valence-electron chi connectivity index (χ0n) is 15.7. The first kappa shape index (κ1) is 18.2. The maximum Gasteiger partial charge on any atom is 0.170 e. The second-order valence-corrected chi connectivity index (χ2v) is 7.08. The average molecular weight is 345 g/mol. The van der Waals surface area contributed by atoms with Crippen LogP contribution in [0.15, 0.2) is 78.5 Å². The van der Waals surface area contributed by atoms with Crippen LogP contribution >= 0.6 is 0 Å². The minimum atomic E-state index is -0.353. The molecular formula is C24H27NO. The molecule has 1 fully saturated rings. The summed E-state index contributed by atoms with van der Waals surface area (Å²) in [6, 6.07) is 20.4. The molecule has 2 nitrogen and oxygen atoms in total. The van der Waals surface area contributed by atoms with Gasteiger partial charge in [-0.15, -0.1) is 0 Å². The molecule has 0 heterocycles. The predicted octanol–water partition coefficient (Wildman–Crippen LogP) is 5.87. The van der Waals surface area contributed by atoms with Crippen LogP contribution in [0.25, 0.3) is 6.08 Å². The standard InChI is InChI=1S/C24H27NO/c1-3-16-24(17-14-20-10-6-4-7-11-20)18-15-21(23(24)26)19-25(2)22-12-8-5-9-13-22/h4-14,17,19H,3,15-16,18H2,1-2H3. The van der Waals surface area contributed by atoms with E-state index in [4.69, 9.17) is 0 Å². The molecule has 0 saturated heterocycles. The largest absolute Gasteiger partial charge is 0.351 e. The molecule has 0 bridgehead atoms. The molecule has 3 rings (SSSR count). The Morgan fingerprint density at radius 2 is 1.69 bits per heavy atom. The molecule has 134 valence electrons. The maximum atomic E-state index is 13.3. The highest BCUT2D eigenvalue weighted by Gasteiger charge is 2.42. The summed E-state index contributed by atoms with van der Waals surface area (Å²) in [4.78, 5) is 15.3. The SMILES string of the molecule is CCCC1(C=Cc2ccccc2)CCC(=CN(C)c2ccccc2)C1=O. The first-order valence-corrected chi connectivity index (χ1v) is 9.42. The van der Waals surface area contributed by atoms with E-state index in [0.717, 1.165) is 42.5 Å². The highest BCUT2D eigenvalue weighted by Crippen LogP contribution is 2.43. The number of allylic oxidation sites excluding steroid dienone is 2. The van der Waals surface area contributed by atoms with Gasteiger partial charge in [-0.3, -0.25) is 4.79 Å². The molecule has 2 heteroatoms. The summed E-state index contributed by atoms with van der Waals surface area (Å²) >= 11 is 0. The molecule has 0 spiro atoms. The average Bonchev–Trinajstić information content (AvgIpc) is 2.98. The van der Waals surface area contributed by atoms with Gasteiger partial charge >= 0.3 is 0 Å². The van der Waals surface area contributed by atoms with Crippen LogP contribution < -0.4 is 4.90 Å². The Bertz CT molecular complexity index is 791. The van der Waals surface area contributed by atoms with Gasteiger partial charge in [0, 0.05) is 24.5 Å². The van der Waals surface area contributed by atoms with Gasteiger partial charge in [0.2, 0.25) is 0 Å². The molecule has 0 aliphatic heterocycles. The number of carbonyl (C=O) groups excluding carboxylic acids is 1. The van der Waals surface area contributed by atoms with Gasteiger partial charge in [-0.05, 0) is 37.0 Å². The summed E-state index contributed by atoms with van der Waals surface area (Å²) in [5.41, 5.74) is 2.83. The molecule has 0 aromatic heterocycles. The van der Waals surface area contributed by atoms with Crippen molar-refractivity contribution in [2.45, 2.75) is 32.6 Å². The molecular weight excluding hydrogens is 318 g/mol. The fourth-order valence-corrected chi connectivity index (χ4v) is 3.75. The fraction of sp³-hybridized carbons (Fsp3) is 0.292. The molecule has 1 atom stereocenters. The summed E-state index contributed by atoms with van der Waals surface area (Å²) < 4.78 is 0. The molecule has 1 unspecified atom stereocenters. The predicted molar refractivity (Wildman–Crippen MR) is 110 cm³/mol. The van der Waals surface area contributed by atoms with Crippen molar-refractivity contribution in [1.29, 1.82) is 0 Å². The number of carbonyl (C=O) groups is 1. The Morgan fingerprint density at radius 1 is 1.04 bits per heavy atom. The fourth-order valence-electron chi connectivity index (χ4n) is 3.75. The normalized spacial score (nSPS) is 21.6. The Hall–Kier alpha value is -2.61. The molecule has 2 aromatic carbocycles. The van der Waals surface area contributed by atoms with Crippen molar-refractivity contribution < 1.29 is 4.79 Å². The quantitative estimate of drug-likeness (QED) is 0.610. The highest BCUT2D eigenvalue weighted by atomic mass is 16.1. The molecule has 0 amide bonds. The molecule has 0 N–H and O–H groups in total. The van der Waals surface area contributed by atoms with Gasteiger partial charge in [0.25, 0.3) is 0 Å². The summed E-state index contributed by atoms with van der Waals surface area (Å²) in [6.07, 6.45) is 9.93. The van der Waals surface area contributed by atoms with E-state index in [-0.39, 0.29) is 11.2 Å². The van der Waals surface area contributed by atoms with Gasteiger partial charge in [0.15, 0.2) is 5.78 Å². The third-order valence-corrected chi connectivity index (χ3v) is 5.19. The first-order valence-electron chi connectivity index (χ1n) is 9.42. The smallest absolute Gasteiger partial charge is 0.170 e. The van der Waals surface area contributed by atoms with Gasteiger partial charge in [-0.2, -0.15) is 0 Å². The van der Waals surface area contributed by atoms with Gasteiger partial charge in [0.1, 0.15) is 0 Å². The molecule has 0 radical (unpaired) electrons.